The zero-order chi connectivity index (χ0) is 18.1. The quantitative estimate of drug-likeness (QED) is 0.915. The van der Waals surface area contributed by atoms with Crippen LogP contribution in [0.5, 0.6) is 0 Å². The Morgan fingerprint density at radius 2 is 1.88 bits per heavy atom. The van der Waals surface area contributed by atoms with Crippen LogP contribution in [0.4, 0.5) is 18.9 Å². The number of aryl methyl sites for hydroxylation is 2. The third-order valence-corrected chi connectivity index (χ3v) is 4.56. The van der Waals surface area contributed by atoms with Crippen molar-refractivity contribution in [3.63, 3.8) is 0 Å². The summed E-state index contributed by atoms with van der Waals surface area (Å²) < 4.78 is 65.7. The zero-order valence-electron chi connectivity index (χ0n) is 12.6. The molecule has 126 valence electrons. The summed E-state index contributed by atoms with van der Waals surface area (Å²) in [6, 6.07) is 5.81. The SMILES string of the molecule is Cc1cnc(C#N)c(NS(=O)(=O)c2ccc(C)c(C(F)(F)F)c2)c1. The third-order valence-electron chi connectivity index (χ3n) is 3.20. The molecule has 0 atom stereocenters. The Kier molecular flexibility index (Phi) is 4.53. The largest absolute Gasteiger partial charge is 0.416 e. The fourth-order valence-corrected chi connectivity index (χ4v) is 3.10. The third kappa shape index (κ3) is 3.65. The van der Waals surface area contributed by atoms with Crippen molar-refractivity contribution in [2.75, 3.05) is 4.72 Å². The number of halogens is 3. The van der Waals surface area contributed by atoms with E-state index >= 15 is 0 Å². The molecule has 1 N–H and O–H groups in total. The zero-order valence-corrected chi connectivity index (χ0v) is 13.5. The van der Waals surface area contributed by atoms with E-state index in [2.05, 4.69) is 9.71 Å². The number of alkyl halides is 3. The minimum absolute atomic E-state index is 0.0867. The second-order valence-corrected chi connectivity index (χ2v) is 6.78. The smallest absolute Gasteiger partial charge is 0.277 e. The highest BCUT2D eigenvalue weighted by atomic mass is 32.2. The molecule has 1 heterocycles. The van der Waals surface area contributed by atoms with Crippen LogP contribution in [-0.4, -0.2) is 13.4 Å². The van der Waals surface area contributed by atoms with E-state index in [9.17, 15) is 21.6 Å². The molecule has 0 bridgehead atoms. The van der Waals surface area contributed by atoms with Gasteiger partial charge < -0.3 is 0 Å². The average molecular weight is 355 g/mol. The Bertz CT molecular complexity index is 932. The van der Waals surface area contributed by atoms with Crippen LogP contribution in [0.2, 0.25) is 0 Å². The molecule has 1 aromatic heterocycles. The molecule has 0 aliphatic heterocycles. The van der Waals surface area contributed by atoms with Crippen LogP contribution in [0.1, 0.15) is 22.4 Å². The number of sulfonamides is 1. The maximum Gasteiger partial charge on any atom is 0.416 e. The van der Waals surface area contributed by atoms with Crippen LogP contribution < -0.4 is 4.72 Å². The molecule has 1 aromatic carbocycles. The Morgan fingerprint density at radius 3 is 2.46 bits per heavy atom. The van der Waals surface area contributed by atoms with Gasteiger partial charge in [-0.2, -0.15) is 18.4 Å². The van der Waals surface area contributed by atoms with Crippen molar-refractivity contribution in [3.05, 3.63) is 52.8 Å². The van der Waals surface area contributed by atoms with Crippen molar-refractivity contribution in [2.24, 2.45) is 0 Å². The second kappa shape index (κ2) is 6.13. The maximum absolute atomic E-state index is 12.9. The number of nitrogens with zero attached hydrogens (tertiary/aromatic N) is 2. The van der Waals surface area contributed by atoms with Gasteiger partial charge in [0, 0.05) is 6.20 Å². The molecule has 2 rings (SSSR count). The number of rotatable bonds is 3. The predicted molar refractivity (Wildman–Crippen MR) is 80.7 cm³/mol. The van der Waals surface area contributed by atoms with Crippen LogP contribution in [-0.2, 0) is 16.2 Å². The summed E-state index contributed by atoms with van der Waals surface area (Å²) in [5.74, 6) is 0. The van der Waals surface area contributed by atoms with E-state index in [1.54, 1.807) is 13.0 Å². The number of nitriles is 1. The highest BCUT2D eigenvalue weighted by Crippen LogP contribution is 2.33. The van der Waals surface area contributed by atoms with Gasteiger partial charge in [0.25, 0.3) is 10.0 Å². The molecule has 5 nitrogen and oxygen atoms in total. The molecule has 0 saturated heterocycles. The van der Waals surface area contributed by atoms with Gasteiger partial charge in [-0.1, -0.05) is 6.07 Å². The molecule has 0 amide bonds. The van der Waals surface area contributed by atoms with Crippen LogP contribution in [0, 0.1) is 25.2 Å². The lowest BCUT2D eigenvalue weighted by Gasteiger charge is -2.14. The fourth-order valence-electron chi connectivity index (χ4n) is 2.01. The summed E-state index contributed by atoms with van der Waals surface area (Å²) in [5, 5.41) is 8.97. The van der Waals surface area contributed by atoms with Crippen LogP contribution in [0.3, 0.4) is 0 Å². The summed E-state index contributed by atoms with van der Waals surface area (Å²) in [6.07, 6.45) is -3.29. The Balaban J connectivity index is 2.50. The number of hydrogen-bond donors (Lipinski definition) is 1. The van der Waals surface area contributed by atoms with Crippen LogP contribution in [0.25, 0.3) is 0 Å². The van der Waals surface area contributed by atoms with Gasteiger partial charge in [0.05, 0.1) is 16.1 Å². The van der Waals surface area contributed by atoms with Gasteiger partial charge in [0.1, 0.15) is 6.07 Å². The first-order chi connectivity index (χ1) is 11.0. The van der Waals surface area contributed by atoms with Crippen molar-refractivity contribution in [2.45, 2.75) is 24.9 Å². The first-order valence-electron chi connectivity index (χ1n) is 6.62. The number of aromatic nitrogens is 1. The maximum atomic E-state index is 12.9. The predicted octanol–water partition coefficient (Wildman–Crippen LogP) is 3.39. The molecule has 0 aliphatic carbocycles. The Morgan fingerprint density at radius 1 is 1.21 bits per heavy atom. The minimum atomic E-state index is -4.67. The highest BCUT2D eigenvalue weighted by molar-refractivity contribution is 7.92. The van der Waals surface area contributed by atoms with E-state index in [4.69, 9.17) is 5.26 Å². The molecule has 0 unspecified atom stereocenters. The number of anilines is 1. The standard InChI is InChI=1S/C15H12F3N3O2S/c1-9-5-13(14(7-19)20-8-9)21-24(22,23)11-4-3-10(2)12(6-11)15(16,17)18/h3-6,8,21H,1-2H3. The first-order valence-corrected chi connectivity index (χ1v) is 8.10. The number of benzene rings is 1. The molecule has 0 radical (unpaired) electrons. The van der Waals surface area contributed by atoms with Crippen molar-refractivity contribution in [1.82, 2.24) is 4.98 Å². The molecule has 9 heteroatoms. The van der Waals surface area contributed by atoms with Gasteiger partial charge in [-0.3, -0.25) is 4.72 Å². The van der Waals surface area contributed by atoms with Crippen molar-refractivity contribution in [1.29, 1.82) is 5.26 Å². The van der Waals surface area contributed by atoms with Gasteiger partial charge in [0.15, 0.2) is 5.69 Å². The van der Waals surface area contributed by atoms with Crippen molar-refractivity contribution in [3.8, 4) is 6.07 Å². The lowest BCUT2D eigenvalue weighted by atomic mass is 10.1. The highest BCUT2D eigenvalue weighted by Gasteiger charge is 2.33. The Labute approximate surface area is 136 Å². The normalized spacial score (nSPS) is 11.8. The van der Waals surface area contributed by atoms with E-state index in [1.807, 2.05) is 0 Å². The van der Waals surface area contributed by atoms with E-state index in [-0.39, 0.29) is 16.9 Å². The molecule has 0 spiro atoms. The van der Waals surface area contributed by atoms with E-state index in [0.717, 1.165) is 12.1 Å². The fraction of sp³-hybridized carbons (Fsp3) is 0.200. The van der Waals surface area contributed by atoms with Gasteiger partial charge in [0.2, 0.25) is 0 Å². The molecular formula is C15H12F3N3O2S. The van der Waals surface area contributed by atoms with Gasteiger partial charge >= 0.3 is 6.18 Å². The number of hydrogen-bond acceptors (Lipinski definition) is 4. The van der Waals surface area contributed by atoms with Crippen LogP contribution in [0.15, 0.2) is 35.4 Å². The van der Waals surface area contributed by atoms with Gasteiger partial charge in [-0.15, -0.1) is 0 Å². The molecule has 0 fully saturated rings. The summed E-state index contributed by atoms with van der Waals surface area (Å²) in [4.78, 5) is 3.23. The molecule has 2 aromatic rings. The van der Waals surface area contributed by atoms with E-state index in [1.165, 1.54) is 19.2 Å². The van der Waals surface area contributed by atoms with Crippen LogP contribution >= 0.6 is 0 Å². The lowest BCUT2D eigenvalue weighted by Crippen LogP contribution is -2.16. The average Bonchev–Trinajstić information content (AvgIpc) is 2.46. The molecule has 0 aliphatic rings. The summed E-state index contributed by atoms with van der Waals surface area (Å²) in [7, 11) is -4.30. The summed E-state index contributed by atoms with van der Waals surface area (Å²) in [6.45, 7) is 2.88. The monoisotopic (exact) mass is 355 g/mol. The minimum Gasteiger partial charge on any atom is -0.277 e. The molecule has 24 heavy (non-hydrogen) atoms. The topological polar surface area (TPSA) is 82.8 Å². The second-order valence-electron chi connectivity index (χ2n) is 5.10. The van der Waals surface area contributed by atoms with Crippen molar-refractivity contribution < 1.29 is 21.6 Å². The first kappa shape index (κ1) is 17.7. The van der Waals surface area contributed by atoms with Crippen molar-refractivity contribution >= 4 is 15.7 Å². The Hall–Kier alpha value is -2.60. The van der Waals surface area contributed by atoms with E-state index < -0.39 is 26.7 Å². The number of nitrogens with one attached hydrogen (secondary N) is 1. The summed E-state index contributed by atoms with van der Waals surface area (Å²) in [5.41, 5.74) is -0.796. The number of pyridine rings is 1. The summed E-state index contributed by atoms with van der Waals surface area (Å²) >= 11 is 0. The molecular weight excluding hydrogens is 343 g/mol. The lowest BCUT2D eigenvalue weighted by molar-refractivity contribution is -0.138. The van der Waals surface area contributed by atoms with Gasteiger partial charge in [-0.25, -0.2) is 13.4 Å². The molecule has 0 saturated carbocycles. The van der Waals surface area contributed by atoms with Gasteiger partial charge in [-0.05, 0) is 43.2 Å². The van der Waals surface area contributed by atoms with E-state index in [0.29, 0.717) is 11.6 Å².